The Labute approximate surface area is 108 Å². The molecule has 0 heterocycles. The Kier molecular flexibility index (Phi) is 5.33. The Morgan fingerprint density at radius 1 is 1.50 bits per heavy atom. The zero-order chi connectivity index (χ0) is 13.7. The van der Waals surface area contributed by atoms with E-state index in [0.717, 1.165) is 18.2 Å². The maximum atomic E-state index is 13.3. The highest BCUT2D eigenvalue weighted by Crippen LogP contribution is 2.29. The summed E-state index contributed by atoms with van der Waals surface area (Å²) in [6.45, 7) is 1.81. The fourth-order valence-corrected chi connectivity index (χ4v) is 2.08. The van der Waals surface area contributed by atoms with Crippen molar-refractivity contribution in [2.75, 3.05) is 17.3 Å². The highest BCUT2D eigenvalue weighted by molar-refractivity contribution is 7.98. The maximum absolute atomic E-state index is 13.3. The number of hydrogen-bond donors (Lipinski definition) is 1. The van der Waals surface area contributed by atoms with E-state index in [-0.39, 0.29) is 11.7 Å². The molecule has 0 fully saturated rings. The van der Waals surface area contributed by atoms with E-state index in [1.54, 1.807) is 11.8 Å². The molecule has 1 aromatic carbocycles. The van der Waals surface area contributed by atoms with Crippen molar-refractivity contribution in [2.45, 2.75) is 19.4 Å². The molecule has 0 saturated carbocycles. The fourth-order valence-electron chi connectivity index (χ4n) is 1.49. The van der Waals surface area contributed by atoms with E-state index in [1.165, 1.54) is 0 Å². The lowest BCUT2D eigenvalue weighted by Crippen LogP contribution is -2.17. The average molecular weight is 276 g/mol. The topological polar surface area (TPSA) is 55.2 Å². The number of nitrogens with one attached hydrogen (secondary N) is 1. The lowest BCUT2D eigenvalue weighted by molar-refractivity contribution is -0.386. The Morgan fingerprint density at radius 2 is 2.17 bits per heavy atom. The Balaban J connectivity index is 2.96. The predicted octanol–water partition coefficient (Wildman–Crippen LogP) is 3.43. The van der Waals surface area contributed by atoms with Crippen molar-refractivity contribution in [3.63, 3.8) is 0 Å². The number of nitro benzene ring substituents is 1. The molecule has 0 aromatic heterocycles. The van der Waals surface area contributed by atoms with Gasteiger partial charge in [0.05, 0.1) is 4.92 Å². The zero-order valence-electron chi connectivity index (χ0n) is 10.1. The minimum absolute atomic E-state index is 0.0997. The normalized spacial score (nSPS) is 12.2. The number of nitro groups is 1. The number of halogens is 2. The monoisotopic (exact) mass is 276 g/mol. The van der Waals surface area contributed by atoms with Gasteiger partial charge in [-0.15, -0.1) is 0 Å². The van der Waals surface area contributed by atoms with E-state index in [2.05, 4.69) is 5.32 Å². The third-order valence-electron chi connectivity index (χ3n) is 2.37. The van der Waals surface area contributed by atoms with Crippen LogP contribution in [0.5, 0.6) is 0 Å². The van der Waals surface area contributed by atoms with Crippen LogP contribution in [0.25, 0.3) is 0 Å². The van der Waals surface area contributed by atoms with Crippen LogP contribution >= 0.6 is 11.8 Å². The van der Waals surface area contributed by atoms with Gasteiger partial charge in [-0.1, -0.05) is 0 Å². The second kappa shape index (κ2) is 6.53. The third kappa shape index (κ3) is 3.83. The molecule has 1 rings (SSSR count). The molecule has 100 valence electrons. The van der Waals surface area contributed by atoms with E-state index in [0.29, 0.717) is 6.07 Å². The standard InChI is InChI=1S/C11H14F2N2O2S/c1-7(3-4-18-2)14-10-6-8(12)5-9(13)11(10)15(16)17/h5-7,14H,3-4H2,1-2H3. The van der Waals surface area contributed by atoms with Gasteiger partial charge in [0.25, 0.3) is 0 Å². The van der Waals surface area contributed by atoms with Crippen LogP contribution < -0.4 is 5.32 Å². The third-order valence-corrected chi connectivity index (χ3v) is 3.01. The summed E-state index contributed by atoms with van der Waals surface area (Å²) in [5, 5.41) is 13.5. The Hall–Kier alpha value is -1.37. The molecule has 1 aromatic rings. The van der Waals surface area contributed by atoms with Gasteiger partial charge < -0.3 is 5.32 Å². The molecule has 1 atom stereocenters. The smallest absolute Gasteiger partial charge is 0.327 e. The Morgan fingerprint density at radius 3 is 2.72 bits per heavy atom. The van der Waals surface area contributed by atoms with E-state index < -0.39 is 22.2 Å². The summed E-state index contributed by atoms with van der Waals surface area (Å²) in [5.74, 6) is -1.14. The van der Waals surface area contributed by atoms with Gasteiger partial charge in [-0.25, -0.2) is 4.39 Å². The molecule has 1 unspecified atom stereocenters. The first-order valence-corrected chi connectivity index (χ1v) is 6.74. The van der Waals surface area contributed by atoms with Crippen molar-refractivity contribution >= 4 is 23.1 Å². The first kappa shape index (κ1) is 14.7. The van der Waals surface area contributed by atoms with E-state index in [9.17, 15) is 18.9 Å². The number of thioether (sulfide) groups is 1. The molecule has 0 aliphatic rings. The fraction of sp³-hybridized carbons (Fsp3) is 0.455. The second-order valence-electron chi connectivity index (χ2n) is 3.87. The molecular weight excluding hydrogens is 262 g/mol. The quantitative estimate of drug-likeness (QED) is 0.639. The number of nitrogens with zero attached hydrogens (tertiary/aromatic N) is 1. The SMILES string of the molecule is CSCCC(C)Nc1cc(F)cc(F)c1[N+](=O)[O-]. The van der Waals surface area contributed by atoms with Gasteiger partial charge >= 0.3 is 5.69 Å². The number of benzene rings is 1. The minimum atomic E-state index is -1.17. The number of rotatable bonds is 6. The van der Waals surface area contributed by atoms with Crippen molar-refractivity contribution in [2.24, 2.45) is 0 Å². The molecule has 4 nitrogen and oxygen atoms in total. The molecule has 0 aliphatic heterocycles. The molecule has 0 aliphatic carbocycles. The lowest BCUT2D eigenvalue weighted by atomic mass is 10.2. The van der Waals surface area contributed by atoms with Crippen molar-refractivity contribution in [3.05, 3.63) is 33.9 Å². The summed E-state index contributed by atoms with van der Waals surface area (Å²) in [7, 11) is 0. The van der Waals surface area contributed by atoms with Crippen molar-refractivity contribution in [3.8, 4) is 0 Å². The van der Waals surface area contributed by atoms with Gasteiger partial charge in [0.2, 0.25) is 5.82 Å². The summed E-state index contributed by atoms with van der Waals surface area (Å²) >= 11 is 1.64. The minimum Gasteiger partial charge on any atom is -0.377 e. The summed E-state index contributed by atoms with van der Waals surface area (Å²) < 4.78 is 26.4. The van der Waals surface area contributed by atoms with Gasteiger partial charge in [0.1, 0.15) is 11.5 Å². The van der Waals surface area contributed by atoms with Crippen LogP contribution in [0.15, 0.2) is 12.1 Å². The molecule has 18 heavy (non-hydrogen) atoms. The molecule has 0 amide bonds. The first-order valence-electron chi connectivity index (χ1n) is 5.34. The van der Waals surface area contributed by atoms with Crippen molar-refractivity contribution in [1.82, 2.24) is 0 Å². The molecule has 0 radical (unpaired) electrons. The van der Waals surface area contributed by atoms with E-state index in [4.69, 9.17) is 0 Å². The molecule has 0 saturated heterocycles. The molecule has 0 spiro atoms. The lowest BCUT2D eigenvalue weighted by Gasteiger charge is -2.14. The van der Waals surface area contributed by atoms with Crippen LogP contribution in [-0.2, 0) is 0 Å². The van der Waals surface area contributed by atoms with Crippen LogP contribution in [-0.4, -0.2) is 23.0 Å². The van der Waals surface area contributed by atoms with Gasteiger partial charge in [-0.05, 0) is 25.4 Å². The van der Waals surface area contributed by atoms with Crippen LogP contribution in [0.2, 0.25) is 0 Å². The van der Waals surface area contributed by atoms with Crippen molar-refractivity contribution < 1.29 is 13.7 Å². The van der Waals surface area contributed by atoms with Crippen molar-refractivity contribution in [1.29, 1.82) is 0 Å². The highest BCUT2D eigenvalue weighted by atomic mass is 32.2. The summed E-state index contributed by atoms with van der Waals surface area (Å²) in [5.41, 5.74) is -0.835. The molecule has 1 N–H and O–H groups in total. The average Bonchev–Trinajstić information content (AvgIpc) is 2.24. The highest BCUT2D eigenvalue weighted by Gasteiger charge is 2.22. The summed E-state index contributed by atoms with van der Waals surface area (Å²) in [6, 6.07) is 1.35. The van der Waals surface area contributed by atoms with Crippen LogP contribution in [0, 0.1) is 21.7 Å². The number of hydrogen-bond acceptors (Lipinski definition) is 4. The summed E-state index contributed by atoms with van der Waals surface area (Å²) in [4.78, 5) is 9.90. The van der Waals surface area contributed by atoms with Gasteiger partial charge in [-0.3, -0.25) is 10.1 Å². The van der Waals surface area contributed by atoms with E-state index in [1.807, 2.05) is 13.2 Å². The van der Waals surface area contributed by atoms with Gasteiger partial charge in [-0.2, -0.15) is 16.2 Å². The van der Waals surface area contributed by atoms with Crippen LogP contribution in [0.1, 0.15) is 13.3 Å². The zero-order valence-corrected chi connectivity index (χ0v) is 10.9. The van der Waals surface area contributed by atoms with E-state index >= 15 is 0 Å². The number of anilines is 1. The molecule has 0 bridgehead atoms. The first-order chi connectivity index (χ1) is 8.45. The predicted molar refractivity (Wildman–Crippen MR) is 69.1 cm³/mol. The molecular formula is C11H14F2N2O2S. The van der Waals surface area contributed by atoms with Gasteiger partial charge in [0.15, 0.2) is 0 Å². The maximum Gasteiger partial charge on any atom is 0.327 e. The largest absolute Gasteiger partial charge is 0.377 e. The van der Waals surface area contributed by atoms with Gasteiger partial charge in [0, 0.05) is 18.2 Å². The second-order valence-corrected chi connectivity index (χ2v) is 4.85. The van der Waals surface area contributed by atoms with Crippen LogP contribution in [0.3, 0.4) is 0 Å². The Bertz CT molecular complexity index is 443. The van der Waals surface area contributed by atoms with Crippen LogP contribution in [0.4, 0.5) is 20.2 Å². The summed E-state index contributed by atoms with van der Waals surface area (Å²) in [6.07, 6.45) is 2.69. The molecule has 7 heteroatoms.